The smallest absolute Gasteiger partial charge is 0.260 e. The number of amides is 1. The third-order valence-electron chi connectivity index (χ3n) is 3.14. The molecule has 0 fully saturated rings. The Bertz CT molecular complexity index is 419. The minimum atomic E-state index is -0.490. The van der Waals surface area contributed by atoms with E-state index in [1.54, 1.807) is 6.92 Å². The number of hydrogen-bond acceptors (Lipinski definition) is 3. The van der Waals surface area contributed by atoms with Crippen LogP contribution in [0.1, 0.15) is 45.1 Å². The molecule has 1 aromatic carbocycles. The van der Waals surface area contributed by atoms with E-state index in [0.717, 1.165) is 18.6 Å². The van der Waals surface area contributed by atoms with E-state index in [1.165, 1.54) is 5.56 Å². The molecule has 0 bridgehead atoms. The van der Waals surface area contributed by atoms with Crippen molar-refractivity contribution in [1.82, 2.24) is 5.32 Å². The minimum absolute atomic E-state index is 0.0861. The van der Waals surface area contributed by atoms with E-state index in [2.05, 4.69) is 25.2 Å². The Balaban J connectivity index is 2.46. The standard InChI is InChI=1S/C16H26N2O2/c1-12(2)14-7-6-8-15(11-14)20-13(3)16(19)18-10-5-4-9-17/h6-8,11-13H,4-5,9-10,17H2,1-3H3,(H,18,19). The minimum Gasteiger partial charge on any atom is -0.481 e. The summed E-state index contributed by atoms with van der Waals surface area (Å²) in [7, 11) is 0. The summed E-state index contributed by atoms with van der Waals surface area (Å²) in [6.45, 7) is 7.33. The fraction of sp³-hybridized carbons (Fsp3) is 0.562. The van der Waals surface area contributed by atoms with Crippen molar-refractivity contribution in [3.05, 3.63) is 29.8 Å². The monoisotopic (exact) mass is 278 g/mol. The van der Waals surface area contributed by atoms with Crippen molar-refractivity contribution in [2.75, 3.05) is 13.1 Å². The Hall–Kier alpha value is -1.55. The Kier molecular flexibility index (Phi) is 7.09. The van der Waals surface area contributed by atoms with Gasteiger partial charge in [-0.15, -0.1) is 0 Å². The third kappa shape index (κ3) is 5.61. The first-order valence-corrected chi connectivity index (χ1v) is 7.29. The maximum atomic E-state index is 11.9. The van der Waals surface area contributed by atoms with E-state index in [4.69, 9.17) is 10.5 Å². The number of unbranched alkanes of at least 4 members (excludes halogenated alkanes) is 1. The maximum absolute atomic E-state index is 11.9. The molecule has 112 valence electrons. The highest BCUT2D eigenvalue weighted by Gasteiger charge is 2.14. The van der Waals surface area contributed by atoms with Crippen molar-refractivity contribution in [3.63, 3.8) is 0 Å². The highest BCUT2D eigenvalue weighted by atomic mass is 16.5. The van der Waals surface area contributed by atoms with Gasteiger partial charge in [-0.25, -0.2) is 0 Å². The number of benzene rings is 1. The molecule has 0 aliphatic carbocycles. The first kappa shape index (κ1) is 16.5. The van der Waals surface area contributed by atoms with Gasteiger partial charge in [-0.2, -0.15) is 0 Å². The number of hydrogen-bond donors (Lipinski definition) is 2. The van der Waals surface area contributed by atoms with Gasteiger partial charge in [-0.05, 0) is 49.9 Å². The summed E-state index contributed by atoms with van der Waals surface area (Å²) in [6, 6.07) is 7.89. The van der Waals surface area contributed by atoms with Gasteiger partial charge < -0.3 is 15.8 Å². The zero-order valence-corrected chi connectivity index (χ0v) is 12.7. The van der Waals surface area contributed by atoms with Gasteiger partial charge in [0.2, 0.25) is 0 Å². The van der Waals surface area contributed by atoms with E-state index in [-0.39, 0.29) is 5.91 Å². The lowest BCUT2D eigenvalue weighted by Gasteiger charge is -2.16. The van der Waals surface area contributed by atoms with E-state index >= 15 is 0 Å². The fourth-order valence-corrected chi connectivity index (χ4v) is 1.83. The summed E-state index contributed by atoms with van der Waals surface area (Å²) in [5.41, 5.74) is 6.62. The number of carbonyl (C=O) groups excluding carboxylic acids is 1. The SMILES string of the molecule is CC(Oc1cccc(C(C)C)c1)C(=O)NCCCCN. The second-order valence-electron chi connectivity index (χ2n) is 5.27. The maximum Gasteiger partial charge on any atom is 0.260 e. The highest BCUT2D eigenvalue weighted by Crippen LogP contribution is 2.20. The largest absolute Gasteiger partial charge is 0.481 e. The van der Waals surface area contributed by atoms with Crippen LogP contribution in [0.15, 0.2) is 24.3 Å². The number of rotatable bonds is 8. The molecule has 1 aromatic rings. The van der Waals surface area contributed by atoms with E-state index in [0.29, 0.717) is 19.0 Å². The summed E-state index contributed by atoms with van der Waals surface area (Å²) < 4.78 is 5.69. The Labute approximate surface area is 121 Å². The van der Waals surface area contributed by atoms with Crippen LogP contribution in [0.3, 0.4) is 0 Å². The second-order valence-corrected chi connectivity index (χ2v) is 5.27. The molecule has 3 N–H and O–H groups in total. The molecule has 0 radical (unpaired) electrons. The van der Waals surface area contributed by atoms with Crippen LogP contribution < -0.4 is 15.8 Å². The molecule has 20 heavy (non-hydrogen) atoms. The van der Waals surface area contributed by atoms with Gasteiger partial charge in [0.25, 0.3) is 5.91 Å². The second kappa shape index (κ2) is 8.59. The molecule has 0 saturated heterocycles. The molecule has 0 aliphatic rings. The van der Waals surface area contributed by atoms with Crippen LogP contribution in [0.4, 0.5) is 0 Å². The average molecular weight is 278 g/mol. The summed E-state index contributed by atoms with van der Waals surface area (Å²) in [6.07, 6.45) is 1.33. The van der Waals surface area contributed by atoms with Gasteiger partial charge in [-0.1, -0.05) is 26.0 Å². The van der Waals surface area contributed by atoms with Crippen LogP contribution in [0, 0.1) is 0 Å². The van der Waals surface area contributed by atoms with Crippen LogP contribution >= 0.6 is 0 Å². The first-order chi connectivity index (χ1) is 9.54. The lowest BCUT2D eigenvalue weighted by atomic mass is 10.0. The average Bonchev–Trinajstić information content (AvgIpc) is 2.43. The third-order valence-corrected chi connectivity index (χ3v) is 3.14. The summed E-state index contributed by atoms with van der Waals surface area (Å²) in [4.78, 5) is 11.9. The molecule has 0 aromatic heterocycles. The Morgan fingerprint density at radius 3 is 2.70 bits per heavy atom. The van der Waals surface area contributed by atoms with Crippen molar-refractivity contribution < 1.29 is 9.53 Å². The van der Waals surface area contributed by atoms with Crippen molar-refractivity contribution in [2.24, 2.45) is 5.73 Å². The van der Waals surface area contributed by atoms with Gasteiger partial charge in [0.1, 0.15) is 5.75 Å². The van der Waals surface area contributed by atoms with Crippen LogP contribution in [-0.2, 0) is 4.79 Å². The van der Waals surface area contributed by atoms with Crippen LogP contribution in [-0.4, -0.2) is 25.1 Å². The number of nitrogens with two attached hydrogens (primary N) is 1. The zero-order chi connectivity index (χ0) is 15.0. The molecule has 0 spiro atoms. The van der Waals surface area contributed by atoms with Crippen LogP contribution in [0.25, 0.3) is 0 Å². The van der Waals surface area contributed by atoms with Gasteiger partial charge in [0, 0.05) is 6.54 Å². The number of nitrogens with one attached hydrogen (secondary N) is 1. The van der Waals surface area contributed by atoms with E-state index < -0.39 is 6.10 Å². The Morgan fingerprint density at radius 1 is 1.30 bits per heavy atom. The van der Waals surface area contributed by atoms with E-state index in [1.807, 2.05) is 18.2 Å². The normalized spacial score (nSPS) is 12.2. The summed E-state index contributed by atoms with van der Waals surface area (Å²) >= 11 is 0. The van der Waals surface area contributed by atoms with Crippen LogP contribution in [0.5, 0.6) is 5.75 Å². The summed E-state index contributed by atoms with van der Waals surface area (Å²) in [5.74, 6) is 1.09. The molecule has 1 rings (SSSR count). The van der Waals surface area contributed by atoms with Crippen molar-refractivity contribution >= 4 is 5.91 Å². The van der Waals surface area contributed by atoms with Crippen LogP contribution in [0.2, 0.25) is 0 Å². The molecule has 1 unspecified atom stereocenters. The lowest BCUT2D eigenvalue weighted by Crippen LogP contribution is -2.36. The molecule has 0 aliphatic heterocycles. The van der Waals surface area contributed by atoms with Gasteiger partial charge >= 0.3 is 0 Å². The van der Waals surface area contributed by atoms with Gasteiger partial charge in [0.05, 0.1) is 0 Å². The summed E-state index contributed by atoms with van der Waals surface area (Å²) in [5, 5.41) is 2.86. The first-order valence-electron chi connectivity index (χ1n) is 7.29. The number of carbonyl (C=O) groups is 1. The zero-order valence-electron chi connectivity index (χ0n) is 12.7. The molecule has 4 nitrogen and oxygen atoms in total. The van der Waals surface area contributed by atoms with Crippen molar-refractivity contribution in [3.8, 4) is 5.75 Å². The molecule has 4 heteroatoms. The van der Waals surface area contributed by atoms with Crippen molar-refractivity contribution in [2.45, 2.75) is 45.6 Å². The predicted octanol–water partition coefficient (Wildman–Crippen LogP) is 2.43. The Morgan fingerprint density at radius 2 is 2.05 bits per heavy atom. The topological polar surface area (TPSA) is 64.3 Å². The van der Waals surface area contributed by atoms with Gasteiger partial charge in [0.15, 0.2) is 6.10 Å². The van der Waals surface area contributed by atoms with Crippen molar-refractivity contribution in [1.29, 1.82) is 0 Å². The molecular formula is C16H26N2O2. The molecule has 0 saturated carbocycles. The number of ether oxygens (including phenoxy) is 1. The quantitative estimate of drug-likeness (QED) is 0.718. The molecule has 1 amide bonds. The predicted molar refractivity (Wildman–Crippen MR) is 81.9 cm³/mol. The van der Waals surface area contributed by atoms with Gasteiger partial charge in [-0.3, -0.25) is 4.79 Å². The van der Waals surface area contributed by atoms with E-state index in [9.17, 15) is 4.79 Å². The molecule has 1 atom stereocenters. The lowest BCUT2D eigenvalue weighted by molar-refractivity contribution is -0.127. The highest BCUT2D eigenvalue weighted by molar-refractivity contribution is 5.80. The molecule has 0 heterocycles. The molecular weight excluding hydrogens is 252 g/mol. The fourth-order valence-electron chi connectivity index (χ4n) is 1.83.